The molecule has 1 atom stereocenters. The van der Waals surface area contributed by atoms with Gasteiger partial charge >= 0.3 is 0 Å². The second kappa shape index (κ2) is 9.66. The van der Waals surface area contributed by atoms with Gasteiger partial charge < -0.3 is 19.4 Å². The number of fused-ring (bicyclic) bond motifs is 1. The van der Waals surface area contributed by atoms with Crippen molar-refractivity contribution in [2.24, 2.45) is 0 Å². The van der Waals surface area contributed by atoms with E-state index in [0.29, 0.717) is 6.04 Å². The van der Waals surface area contributed by atoms with Crippen LogP contribution in [0.4, 0.5) is 4.39 Å². The fourth-order valence-corrected chi connectivity index (χ4v) is 4.38. The van der Waals surface area contributed by atoms with Gasteiger partial charge in [-0.05, 0) is 68.8 Å². The number of hydrogen-bond acceptors (Lipinski definition) is 5. The van der Waals surface area contributed by atoms with Crippen LogP contribution in [-0.2, 0) is 13.0 Å². The van der Waals surface area contributed by atoms with Gasteiger partial charge in [0.05, 0.1) is 31.8 Å². The molecule has 0 radical (unpaired) electrons. The number of nitrogens with one attached hydrogen (secondary N) is 1. The van der Waals surface area contributed by atoms with Crippen LogP contribution in [0.25, 0.3) is 11.0 Å². The van der Waals surface area contributed by atoms with E-state index in [1.807, 2.05) is 6.07 Å². The average molecular weight is 427 g/mol. The molecule has 1 aliphatic rings. The van der Waals surface area contributed by atoms with Gasteiger partial charge in [0.1, 0.15) is 11.6 Å². The summed E-state index contributed by atoms with van der Waals surface area (Å²) in [6.07, 6.45) is 3.33. The number of likely N-dealkylation sites (tertiary alicyclic amines) is 1. The van der Waals surface area contributed by atoms with E-state index >= 15 is 0 Å². The highest BCUT2D eigenvalue weighted by molar-refractivity contribution is 5.74. The van der Waals surface area contributed by atoms with Crippen molar-refractivity contribution in [2.45, 2.75) is 31.8 Å². The number of H-pyrrole nitrogens is 1. The van der Waals surface area contributed by atoms with Crippen LogP contribution in [0.15, 0.2) is 36.4 Å². The van der Waals surface area contributed by atoms with Gasteiger partial charge in [-0.1, -0.05) is 6.07 Å². The minimum absolute atomic E-state index is 0.239. The standard InChI is InChI=1S/C24H31FN4O2/c1-28(12-10-17-6-9-22(30-2)23(13-17)31-3)19-5-4-11-29(15-19)16-24-26-20-8-7-18(25)14-21(20)27-24/h6-9,13-14,19H,4-5,10-12,15-16H2,1-3H3,(H,26,27)/t19-/m1/s1. The molecule has 2 aromatic carbocycles. The van der Waals surface area contributed by atoms with E-state index in [-0.39, 0.29) is 5.82 Å². The first-order chi connectivity index (χ1) is 15.1. The van der Waals surface area contributed by atoms with Gasteiger partial charge in [0.2, 0.25) is 0 Å². The molecular formula is C24H31FN4O2. The van der Waals surface area contributed by atoms with Crippen LogP contribution in [-0.4, -0.2) is 66.7 Å². The highest BCUT2D eigenvalue weighted by Crippen LogP contribution is 2.28. The lowest BCUT2D eigenvalue weighted by Gasteiger charge is -2.37. The van der Waals surface area contributed by atoms with Gasteiger partial charge in [0, 0.05) is 19.1 Å². The fraction of sp³-hybridized carbons (Fsp3) is 0.458. The molecule has 1 aliphatic heterocycles. The van der Waals surface area contributed by atoms with Crippen LogP contribution in [0.1, 0.15) is 24.2 Å². The molecule has 4 rings (SSSR count). The SMILES string of the molecule is COc1ccc(CCN(C)[C@@H]2CCCN(Cc3nc4ccc(F)cc4[nH]3)C2)cc1OC. The minimum atomic E-state index is -0.239. The van der Waals surface area contributed by atoms with Crippen LogP contribution < -0.4 is 9.47 Å². The zero-order valence-corrected chi connectivity index (χ0v) is 18.5. The minimum Gasteiger partial charge on any atom is -0.493 e. The zero-order valence-electron chi connectivity index (χ0n) is 18.5. The van der Waals surface area contributed by atoms with Crippen LogP contribution in [0.5, 0.6) is 11.5 Å². The summed E-state index contributed by atoms with van der Waals surface area (Å²) in [6.45, 7) is 3.81. The largest absolute Gasteiger partial charge is 0.493 e. The molecule has 0 unspecified atom stereocenters. The fourth-order valence-electron chi connectivity index (χ4n) is 4.38. The van der Waals surface area contributed by atoms with Crippen LogP contribution in [0.2, 0.25) is 0 Å². The number of imidazole rings is 1. The second-order valence-corrected chi connectivity index (χ2v) is 8.30. The quantitative estimate of drug-likeness (QED) is 0.593. The smallest absolute Gasteiger partial charge is 0.160 e. The van der Waals surface area contributed by atoms with Crippen molar-refractivity contribution in [1.82, 2.24) is 19.8 Å². The maximum Gasteiger partial charge on any atom is 0.160 e. The Kier molecular flexibility index (Phi) is 6.73. The molecule has 166 valence electrons. The predicted molar refractivity (Wildman–Crippen MR) is 120 cm³/mol. The summed E-state index contributed by atoms with van der Waals surface area (Å²) in [5.41, 5.74) is 2.82. The summed E-state index contributed by atoms with van der Waals surface area (Å²) in [7, 11) is 5.53. The van der Waals surface area contributed by atoms with Crippen LogP contribution >= 0.6 is 0 Å². The van der Waals surface area contributed by atoms with E-state index in [9.17, 15) is 4.39 Å². The highest BCUT2D eigenvalue weighted by atomic mass is 19.1. The topological polar surface area (TPSA) is 53.6 Å². The van der Waals surface area contributed by atoms with Crippen molar-refractivity contribution in [2.75, 3.05) is 40.9 Å². The Hall–Kier alpha value is -2.64. The molecule has 31 heavy (non-hydrogen) atoms. The molecule has 0 spiro atoms. The Bertz CT molecular complexity index is 1020. The summed E-state index contributed by atoms with van der Waals surface area (Å²) in [4.78, 5) is 12.8. The molecule has 1 aromatic heterocycles. The van der Waals surface area contributed by atoms with Crippen LogP contribution in [0.3, 0.4) is 0 Å². The Morgan fingerprint density at radius 2 is 2.00 bits per heavy atom. The number of nitrogens with zero attached hydrogens (tertiary/aromatic N) is 3. The van der Waals surface area contributed by atoms with Gasteiger partial charge in [-0.25, -0.2) is 9.37 Å². The summed E-state index contributed by atoms with van der Waals surface area (Å²) in [5, 5.41) is 0. The van der Waals surface area contributed by atoms with E-state index < -0.39 is 0 Å². The molecular weight excluding hydrogens is 395 g/mol. The maximum atomic E-state index is 13.4. The van der Waals surface area contributed by atoms with Crippen molar-refractivity contribution >= 4 is 11.0 Å². The third kappa shape index (κ3) is 5.17. The number of benzene rings is 2. The molecule has 1 saturated heterocycles. The molecule has 0 saturated carbocycles. The number of aromatic amines is 1. The number of halogens is 1. The number of likely N-dealkylation sites (N-methyl/N-ethyl adjacent to an activating group) is 1. The normalized spacial score (nSPS) is 17.4. The summed E-state index contributed by atoms with van der Waals surface area (Å²) < 4.78 is 24.2. The van der Waals surface area contributed by atoms with Gasteiger partial charge in [0.25, 0.3) is 0 Å². The van der Waals surface area contributed by atoms with Crippen LogP contribution in [0, 0.1) is 5.82 Å². The lowest BCUT2D eigenvalue weighted by Crippen LogP contribution is -2.46. The van der Waals surface area contributed by atoms with Crippen molar-refractivity contribution in [3.05, 3.63) is 53.6 Å². The van der Waals surface area contributed by atoms with E-state index in [0.717, 1.165) is 61.0 Å². The summed E-state index contributed by atoms with van der Waals surface area (Å²) in [6, 6.07) is 11.3. The number of methoxy groups -OCH3 is 2. The molecule has 0 bridgehead atoms. The van der Waals surface area contributed by atoms with Gasteiger partial charge in [-0.3, -0.25) is 4.90 Å². The molecule has 1 N–H and O–H groups in total. The Balaban J connectivity index is 1.33. The second-order valence-electron chi connectivity index (χ2n) is 8.30. The molecule has 6 nitrogen and oxygen atoms in total. The first-order valence-corrected chi connectivity index (χ1v) is 10.8. The van der Waals surface area contributed by atoms with E-state index in [2.05, 4.69) is 38.9 Å². The van der Waals surface area contributed by atoms with Crippen molar-refractivity contribution < 1.29 is 13.9 Å². The molecule has 1 fully saturated rings. The molecule has 7 heteroatoms. The summed E-state index contributed by atoms with van der Waals surface area (Å²) >= 11 is 0. The van der Waals surface area contributed by atoms with Gasteiger partial charge in [-0.15, -0.1) is 0 Å². The van der Waals surface area contributed by atoms with Crippen molar-refractivity contribution in [3.63, 3.8) is 0 Å². The van der Waals surface area contributed by atoms with Gasteiger partial charge in [-0.2, -0.15) is 0 Å². The third-order valence-electron chi connectivity index (χ3n) is 6.17. The van der Waals surface area contributed by atoms with Gasteiger partial charge in [0.15, 0.2) is 11.5 Å². The molecule has 2 heterocycles. The highest BCUT2D eigenvalue weighted by Gasteiger charge is 2.24. The molecule has 0 aliphatic carbocycles. The predicted octanol–water partition coefficient (Wildman–Crippen LogP) is 3.86. The maximum absolute atomic E-state index is 13.4. The lowest BCUT2D eigenvalue weighted by atomic mass is 10.0. The van der Waals surface area contributed by atoms with E-state index in [4.69, 9.17) is 9.47 Å². The lowest BCUT2D eigenvalue weighted by molar-refractivity contribution is 0.110. The van der Waals surface area contributed by atoms with E-state index in [1.54, 1.807) is 20.3 Å². The van der Waals surface area contributed by atoms with Crippen molar-refractivity contribution in [3.8, 4) is 11.5 Å². The molecule has 0 amide bonds. The third-order valence-corrected chi connectivity index (χ3v) is 6.17. The summed E-state index contributed by atoms with van der Waals surface area (Å²) in [5.74, 6) is 2.19. The number of rotatable bonds is 8. The monoisotopic (exact) mass is 426 g/mol. The van der Waals surface area contributed by atoms with Crippen molar-refractivity contribution in [1.29, 1.82) is 0 Å². The number of piperidine rings is 1. The first-order valence-electron chi connectivity index (χ1n) is 10.8. The number of hydrogen-bond donors (Lipinski definition) is 1. The van der Waals surface area contributed by atoms with E-state index in [1.165, 1.54) is 30.5 Å². The number of ether oxygens (including phenoxy) is 2. The Labute approximate surface area is 183 Å². The molecule has 3 aromatic rings. The number of aromatic nitrogens is 2. The zero-order chi connectivity index (χ0) is 21.8. The average Bonchev–Trinajstić information content (AvgIpc) is 3.18. The Morgan fingerprint density at radius 3 is 2.81 bits per heavy atom. The first kappa shape index (κ1) is 21.6. The Morgan fingerprint density at radius 1 is 1.16 bits per heavy atom.